The van der Waals surface area contributed by atoms with E-state index in [-0.39, 0.29) is 147 Å². The molecule has 0 unspecified atom stereocenters. The minimum Gasteiger partial charge on any atom is -0.744 e. The molecule has 0 aliphatic carbocycles. The number of carboxylic acid groups (broad SMARTS) is 1. The first-order valence-corrected chi connectivity index (χ1v) is 21.4. The number of phenols is 2. The summed E-state index contributed by atoms with van der Waals surface area (Å²) in [6, 6.07) is 20.4. The number of nitrogen functional groups attached to an aromatic ring is 1. The molecular weight excluding hydrogens is 983 g/mol. The van der Waals surface area contributed by atoms with Gasteiger partial charge in [-0.05, 0) is 102 Å². The van der Waals surface area contributed by atoms with Crippen LogP contribution in [0.3, 0.4) is 0 Å². The Morgan fingerprint density at radius 3 is 1.54 bits per heavy atom. The Balaban J connectivity index is 0.00000385. The van der Waals surface area contributed by atoms with Crippen LogP contribution in [0, 0.1) is 0 Å². The minimum absolute atomic E-state index is 0. The van der Waals surface area contributed by atoms with E-state index in [1.807, 2.05) is 0 Å². The quantitative estimate of drug-likeness (QED) is 0.0293. The van der Waals surface area contributed by atoms with Crippen LogP contribution in [-0.4, -0.2) is 67.5 Å². The van der Waals surface area contributed by atoms with E-state index in [4.69, 9.17) is 5.73 Å². The molecule has 1 amide bonds. The van der Waals surface area contributed by atoms with Gasteiger partial charge in [0.25, 0.3) is 5.91 Å². The zero-order valence-electron chi connectivity index (χ0n) is 35.3. The number of carboxylic acids is 1. The van der Waals surface area contributed by atoms with E-state index in [1.165, 1.54) is 66.7 Å². The molecule has 0 aliphatic heterocycles. The maximum Gasteiger partial charge on any atom is 1.00 e. The molecule has 6 rings (SSSR count). The van der Waals surface area contributed by atoms with Gasteiger partial charge in [0.2, 0.25) is 0 Å². The smallest absolute Gasteiger partial charge is 0.744 e. The molecule has 0 aromatic heterocycles. The van der Waals surface area contributed by atoms with Crippen LogP contribution in [0.4, 0.5) is 51.2 Å². The zero-order chi connectivity index (χ0) is 45.9. The SMILES string of the molecule is Nc1c(N=Nc2ccc(C(=O)Nc3ccc(N=Nc4ccc(NCC(=O)[O-])cc4O)cc3)cc2)c(S(=O)(=O)[O-])cc2cc(S(=O)(=O)[O-])c(N=Nc3ccc(S(=O)(=O)[O-])cc3)c(O)c12.[Na+].[Na+].[Na+].[Na+]. The molecule has 0 radical (unpaired) electrons. The Morgan fingerprint density at radius 1 is 0.582 bits per heavy atom. The molecule has 6 N–H and O–H groups in total. The summed E-state index contributed by atoms with van der Waals surface area (Å²) in [6.45, 7) is -0.460. The number of phenolic OH excluding ortho intramolecular Hbond substituents is 2. The summed E-state index contributed by atoms with van der Waals surface area (Å²) in [7, 11) is -15.8. The van der Waals surface area contributed by atoms with Crippen molar-refractivity contribution in [1.29, 1.82) is 0 Å². The number of nitrogens with one attached hydrogen (secondary N) is 2. The summed E-state index contributed by atoms with van der Waals surface area (Å²) in [6.07, 6.45) is 0. The normalized spacial score (nSPS) is 11.6. The number of anilines is 3. The maximum absolute atomic E-state index is 13.0. The fraction of sp³-hybridized carbons (Fsp3) is 0.0270. The van der Waals surface area contributed by atoms with Gasteiger partial charge in [0.1, 0.15) is 53.2 Å². The number of rotatable bonds is 14. The Bertz CT molecular complexity index is 3260. The fourth-order valence-corrected chi connectivity index (χ4v) is 7.26. The second-order valence-electron chi connectivity index (χ2n) is 12.7. The molecule has 0 atom stereocenters. The fourth-order valence-electron chi connectivity index (χ4n) is 5.49. The second-order valence-corrected chi connectivity index (χ2v) is 16.8. The average Bonchev–Trinajstić information content (AvgIpc) is 3.21. The van der Waals surface area contributed by atoms with Crippen LogP contribution in [0.5, 0.6) is 11.5 Å². The molecule has 324 valence electrons. The number of azo groups is 3. The summed E-state index contributed by atoms with van der Waals surface area (Å²) < 4.78 is 107. The summed E-state index contributed by atoms with van der Waals surface area (Å²) in [4.78, 5) is 20.6. The van der Waals surface area contributed by atoms with Crippen molar-refractivity contribution in [2.24, 2.45) is 30.7 Å². The van der Waals surface area contributed by atoms with E-state index in [9.17, 15) is 63.8 Å². The van der Waals surface area contributed by atoms with Crippen LogP contribution < -0.4 is 140 Å². The van der Waals surface area contributed by atoms with E-state index in [2.05, 4.69) is 41.3 Å². The zero-order valence-corrected chi connectivity index (χ0v) is 45.8. The molecule has 6 aromatic carbocycles. The number of carbonyl (C=O) groups is 2. The predicted molar refractivity (Wildman–Crippen MR) is 215 cm³/mol. The topological polar surface area (TPSA) is 394 Å². The molecule has 0 saturated carbocycles. The minimum atomic E-state index is -5.49. The monoisotopic (exact) mass is 1010 g/mol. The number of nitrogens with zero attached hydrogens (tertiary/aromatic N) is 6. The summed E-state index contributed by atoms with van der Waals surface area (Å²) >= 11 is 0. The van der Waals surface area contributed by atoms with Gasteiger partial charge in [0.05, 0.1) is 55.3 Å². The van der Waals surface area contributed by atoms with Crippen molar-refractivity contribution in [2.45, 2.75) is 14.7 Å². The molecule has 0 fully saturated rings. The first kappa shape index (κ1) is 59.4. The van der Waals surface area contributed by atoms with E-state index in [0.29, 0.717) is 29.2 Å². The van der Waals surface area contributed by atoms with Crippen molar-refractivity contribution >= 4 is 104 Å². The van der Waals surface area contributed by atoms with Gasteiger partial charge in [0, 0.05) is 23.0 Å². The van der Waals surface area contributed by atoms with Gasteiger partial charge < -0.3 is 50.1 Å². The number of hydrogen-bond acceptors (Lipinski definition) is 22. The predicted octanol–water partition coefficient (Wildman–Crippen LogP) is -6.78. The van der Waals surface area contributed by atoms with Crippen molar-refractivity contribution in [3.8, 4) is 11.5 Å². The molecule has 6 aromatic rings. The number of aromatic hydroxyl groups is 2. The Kier molecular flexibility index (Phi) is 21.9. The molecule has 23 nitrogen and oxygen atoms in total. The van der Waals surface area contributed by atoms with Gasteiger partial charge in [-0.25, -0.2) is 25.3 Å². The van der Waals surface area contributed by atoms with E-state index >= 15 is 0 Å². The first-order chi connectivity index (χ1) is 29.6. The molecular formula is C37H25N9Na4O14S3. The molecule has 0 bridgehead atoms. The first-order valence-electron chi connectivity index (χ1n) is 17.2. The van der Waals surface area contributed by atoms with Gasteiger partial charge in [-0.1, -0.05) is 0 Å². The molecule has 30 heteroatoms. The summed E-state index contributed by atoms with van der Waals surface area (Å²) in [5.41, 5.74) is 4.79. The van der Waals surface area contributed by atoms with E-state index < -0.39 is 97.0 Å². The van der Waals surface area contributed by atoms with Gasteiger partial charge >= 0.3 is 118 Å². The third kappa shape index (κ3) is 15.4. The number of amides is 1. The third-order valence-electron chi connectivity index (χ3n) is 8.45. The van der Waals surface area contributed by atoms with E-state index in [0.717, 1.165) is 24.3 Å². The standard InChI is InChI=1S/C37H29N9O14S3.4Na/c38-33-32-20(16-30(63(58,59)60)35(36(32)50)46-43-24-9-12-26(13-10-24)61(52,53)54)15-29(62(55,56)57)34(33)45-42-22-3-1-19(2-4-22)37(51)40-21-5-7-23(8-6-21)41-44-27-14-11-25(17-28(27)47)39-18-31(48)49;;;;/h1-17,39,47,50H,18,38H2,(H,40,51)(H,48,49)(H,52,53,54)(H,55,56,57)(H,58,59,60);;;;/q;4*+1/p-4. The van der Waals surface area contributed by atoms with Gasteiger partial charge in [-0.3, -0.25) is 4.79 Å². The largest absolute Gasteiger partial charge is 1.00 e. The van der Waals surface area contributed by atoms with Crippen LogP contribution in [0.15, 0.2) is 149 Å². The summed E-state index contributed by atoms with van der Waals surface area (Å²) in [5, 5.41) is 59.2. The Hall–Kier alpha value is -3.75. The molecule has 0 aliphatic rings. The number of benzene rings is 6. The van der Waals surface area contributed by atoms with Crippen molar-refractivity contribution < 1.29 is 182 Å². The van der Waals surface area contributed by atoms with Crippen LogP contribution in [0.2, 0.25) is 0 Å². The number of nitrogens with two attached hydrogens (primary N) is 1. The Labute approximate surface area is 468 Å². The van der Waals surface area contributed by atoms with Crippen LogP contribution >= 0.6 is 0 Å². The number of carbonyl (C=O) groups excluding carboxylic acids is 2. The van der Waals surface area contributed by atoms with Gasteiger partial charge in [0.15, 0.2) is 5.75 Å². The summed E-state index contributed by atoms with van der Waals surface area (Å²) in [5.74, 6) is -3.28. The van der Waals surface area contributed by atoms with Crippen molar-refractivity contribution in [2.75, 3.05) is 22.9 Å². The van der Waals surface area contributed by atoms with Crippen molar-refractivity contribution in [3.63, 3.8) is 0 Å². The molecule has 0 saturated heterocycles. The van der Waals surface area contributed by atoms with Crippen LogP contribution in [-0.2, 0) is 35.1 Å². The molecule has 67 heavy (non-hydrogen) atoms. The second kappa shape index (κ2) is 24.7. The van der Waals surface area contributed by atoms with Gasteiger partial charge in [-0.2, -0.15) is 15.3 Å². The van der Waals surface area contributed by atoms with Crippen LogP contribution in [0.25, 0.3) is 10.8 Å². The van der Waals surface area contributed by atoms with Gasteiger partial charge in [-0.15, -0.1) is 15.3 Å². The number of fused-ring (bicyclic) bond motifs is 1. The third-order valence-corrected chi connectivity index (χ3v) is 11.0. The average molecular weight is 1010 g/mol. The van der Waals surface area contributed by atoms with Crippen molar-refractivity contribution in [1.82, 2.24) is 0 Å². The number of hydrogen-bond donors (Lipinski definition) is 5. The van der Waals surface area contributed by atoms with Crippen LogP contribution in [0.1, 0.15) is 10.4 Å². The molecule has 0 heterocycles. The van der Waals surface area contributed by atoms with E-state index in [1.54, 1.807) is 0 Å². The number of aliphatic carboxylic acids is 1. The van der Waals surface area contributed by atoms with Crippen molar-refractivity contribution in [3.05, 3.63) is 109 Å². The molecule has 0 spiro atoms. The Morgan fingerprint density at radius 2 is 1.04 bits per heavy atom. The maximum atomic E-state index is 13.0.